The minimum Gasteiger partial charge on any atom is -0.481 e. The number of benzene rings is 1. The summed E-state index contributed by atoms with van der Waals surface area (Å²) in [5, 5.41) is 17.2. The van der Waals surface area contributed by atoms with E-state index in [1.165, 1.54) is 0 Å². The zero-order chi connectivity index (χ0) is 14.4. The number of carbonyl (C=O) groups is 1. The Morgan fingerprint density at radius 2 is 2.15 bits per heavy atom. The molecule has 1 heterocycles. The molecule has 2 aromatic rings. The van der Waals surface area contributed by atoms with Crippen molar-refractivity contribution in [1.29, 1.82) is 0 Å². The Bertz CT molecular complexity index is 552. The maximum atomic E-state index is 11.6. The Morgan fingerprint density at radius 3 is 2.80 bits per heavy atom. The molecule has 0 spiro atoms. The van der Waals surface area contributed by atoms with Crippen molar-refractivity contribution in [3.05, 3.63) is 42.2 Å². The SMILES string of the molecule is CCCCCC(C(=O)O)c1ccccc1-n1ccnn1. The lowest BCUT2D eigenvalue weighted by molar-refractivity contribution is -0.139. The van der Waals surface area contributed by atoms with Crippen LogP contribution in [0.3, 0.4) is 0 Å². The van der Waals surface area contributed by atoms with Gasteiger partial charge in [-0.05, 0) is 18.1 Å². The molecule has 106 valence electrons. The van der Waals surface area contributed by atoms with Crippen molar-refractivity contribution in [2.45, 2.75) is 38.5 Å². The van der Waals surface area contributed by atoms with Crippen LogP contribution >= 0.6 is 0 Å². The minimum absolute atomic E-state index is 0.498. The van der Waals surface area contributed by atoms with E-state index < -0.39 is 11.9 Å². The van der Waals surface area contributed by atoms with Crippen molar-refractivity contribution in [1.82, 2.24) is 15.0 Å². The first-order valence-corrected chi connectivity index (χ1v) is 6.92. The van der Waals surface area contributed by atoms with Crippen LogP contribution in [0.4, 0.5) is 0 Å². The molecule has 2 rings (SSSR count). The summed E-state index contributed by atoms with van der Waals surface area (Å²) in [5.74, 6) is -1.28. The number of carboxylic acid groups (broad SMARTS) is 1. The quantitative estimate of drug-likeness (QED) is 0.787. The largest absolute Gasteiger partial charge is 0.481 e. The fourth-order valence-corrected chi connectivity index (χ4v) is 2.34. The van der Waals surface area contributed by atoms with Crippen molar-refractivity contribution in [3.8, 4) is 5.69 Å². The molecule has 5 heteroatoms. The number of nitrogens with zero attached hydrogens (tertiary/aromatic N) is 3. The van der Waals surface area contributed by atoms with Crippen molar-refractivity contribution >= 4 is 5.97 Å². The molecule has 0 fully saturated rings. The molecule has 1 aromatic heterocycles. The Balaban J connectivity index is 2.31. The summed E-state index contributed by atoms with van der Waals surface area (Å²) < 4.78 is 1.62. The maximum absolute atomic E-state index is 11.6. The van der Waals surface area contributed by atoms with Crippen LogP contribution in [0.2, 0.25) is 0 Å². The van der Waals surface area contributed by atoms with Crippen molar-refractivity contribution in [3.63, 3.8) is 0 Å². The van der Waals surface area contributed by atoms with Crippen LogP contribution in [0.5, 0.6) is 0 Å². The van der Waals surface area contributed by atoms with Crippen LogP contribution in [0.15, 0.2) is 36.7 Å². The monoisotopic (exact) mass is 273 g/mol. The van der Waals surface area contributed by atoms with E-state index in [9.17, 15) is 9.90 Å². The highest BCUT2D eigenvalue weighted by atomic mass is 16.4. The van der Waals surface area contributed by atoms with Gasteiger partial charge < -0.3 is 5.11 Å². The lowest BCUT2D eigenvalue weighted by atomic mass is 9.92. The Labute approximate surface area is 118 Å². The number of unbranched alkanes of at least 4 members (excludes halogenated alkanes) is 2. The molecule has 0 aliphatic carbocycles. The van der Waals surface area contributed by atoms with Crippen LogP contribution < -0.4 is 0 Å². The van der Waals surface area contributed by atoms with Crippen LogP contribution in [-0.2, 0) is 4.79 Å². The fourth-order valence-electron chi connectivity index (χ4n) is 2.34. The predicted octanol–water partition coefficient (Wildman–Crippen LogP) is 3.02. The fraction of sp³-hybridized carbons (Fsp3) is 0.400. The second-order valence-corrected chi connectivity index (χ2v) is 4.79. The van der Waals surface area contributed by atoms with E-state index in [2.05, 4.69) is 17.2 Å². The third-order valence-corrected chi connectivity index (χ3v) is 3.38. The van der Waals surface area contributed by atoms with E-state index in [4.69, 9.17) is 0 Å². The summed E-state index contributed by atoms with van der Waals surface area (Å²) in [5.41, 5.74) is 1.58. The number of hydrogen-bond donors (Lipinski definition) is 1. The predicted molar refractivity (Wildman–Crippen MR) is 75.9 cm³/mol. The molecular weight excluding hydrogens is 254 g/mol. The number of aromatic nitrogens is 3. The van der Waals surface area contributed by atoms with Gasteiger partial charge in [0.1, 0.15) is 0 Å². The van der Waals surface area contributed by atoms with E-state index in [1.54, 1.807) is 17.1 Å². The van der Waals surface area contributed by atoms with Crippen LogP contribution in [0, 0.1) is 0 Å². The summed E-state index contributed by atoms with van der Waals surface area (Å²) in [7, 11) is 0. The third kappa shape index (κ3) is 3.23. The first-order chi connectivity index (χ1) is 9.74. The minimum atomic E-state index is -0.784. The van der Waals surface area contributed by atoms with Gasteiger partial charge in [0.05, 0.1) is 24.0 Å². The second kappa shape index (κ2) is 6.84. The normalized spacial score (nSPS) is 12.2. The molecule has 1 N–H and O–H groups in total. The molecule has 0 aliphatic heterocycles. The molecule has 0 amide bonds. The molecular formula is C15H19N3O2. The average molecular weight is 273 g/mol. The molecule has 20 heavy (non-hydrogen) atoms. The number of para-hydroxylation sites is 1. The Hall–Kier alpha value is -2.17. The topological polar surface area (TPSA) is 68.0 Å². The summed E-state index contributed by atoms with van der Waals surface area (Å²) in [6, 6.07) is 7.48. The smallest absolute Gasteiger partial charge is 0.311 e. The molecule has 1 aromatic carbocycles. The van der Waals surface area contributed by atoms with Gasteiger partial charge in [0, 0.05) is 0 Å². The molecule has 0 saturated carbocycles. The van der Waals surface area contributed by atoms with Crippen molar-refractivity contribution in [2.24, 2.45) is 0 Å². The molecule has 5 nitrogen and oxygen atoms in total. The van der Waals surface area contributed by atoms with Gasteiger partial charge in [-0.3, -0.25) is 4.79 Å². The van der Waals surface area contributed by atoms with Gasteiger partial charge in [-0.2, -0.15) is 0 Å². The van der Waals surface area contributed by atoms with Gasteiger partial charge in [-0.1, -0.05) is 49.6 Å². The first-order valence-electron chi connectivity index (χ1n) is 6.92. The van der Waals surface area contributed by atoms with Gasteiger partial charge in [-0.25, -0.2) is 4.68 Å². The number of carboxylic acids is 1. The van der Waals surface area contributed by atoms with E-state index in [1.807, 2.05) is 24.3 Å². The van der Waals surface area contributed by atoms with Crippen LogP contribution in [0.1, 0.15) is 44.1 Å². The third-order valence-electron chi connectivity index (χ3n) is 3.38. The first kappa shape index (κ1) is 14.2. The van der Waals surface area contributed by atoms with Gasteiger partial charge in [0.25, 0.3) is 0 Å². The molecule has 0 aliphatic rings. The molecule has 0 radical (unpaired) electrons. The summed E-state index contributed by atoms with van der Waals surface area (Å²) >= 11 is 0. The second-order valence-electron chi connectivity index (χ2n) is 4.79. The van der Waals surface area contributed by atoms with E-state index in [0.29, 0.717) is 6.42 Å². The molecule has 1 unspecified atom stereocenters. The summed E-state index contributed by atoms with van der Waals surface area (Å²) in [4.78, 5) is 11.6. The van der Waals surface area contributed by atoms with E-state index in [0.717, 1.165) is 30.5 Å². The number of hydrogen-bond acceptors (Lipinski definition) is 3. The molecule has 1 atom stereocenters. The number of rotatable bonds is 7. The maximum Gasteiger partial charge on any atom is 0.311 e. The van der Waals surface area contributed by atoms with Crippen molar-refractivity contribution in [2.75, 3.05) is 0 Å². The van der Waals surface area contributed by atoms with Gasteiger partial charge in [0.2, 0.25) is 0 Å². The summed E-state index contributed by atoms with van der Waals surface area (Å²) in [6.45, 7) is 2.11. The zero-order valence-corrected chi connectivity index (χ0v) is 11.6. The highest BCUT2D eigenvalue weighted by Gasteiger charge is 2.22. The molecule has 0 bridgehead atoms. The lowest BCUT2D eigenvalue weighted by Crippen LogP contribution is -2.14. The Morgan fingerprint density at radius 1 is 1.35 bits per heavy atom. The summed E-state index contributed by atoms with van der Waals surface area (Å²) in [6.07, 6.45) is 7.01. The van der Waals surface area contributed by atoms with Gasteiger partial charge in [-0.15, -0.1) is 5.10 Å². The van der Waals surface area contributed by atoms with E-state index >= 15 is 0 Å². The number of aliphatic carboxylic acids is 1. The highest BCUT2D eigenvalue weighted by molar-refractivity contribution is 5.77. The highest BCUT2D eigenvalue weighted by Crippen LogP contribution is 2.27. The Kier molecular flexibility index (Phi) is 4.87. The molecule has 0 saturated heterocycles. The van der Waals surface area contributed by atoms with Gasteiger partial charge >= 0.3 is 5.97 Å². The average Bonchev–Trinajstić information content (AvgIpc) is 2.97. The standard InChI is InChI=1S/C15H19N3O2/c1-2-3-4-8-13(15(19)20)12-7-5-6-9-14(12)18-11-10-16-17-18/h5-7,9-11,13H,2-4,8H2,1H3,(H,19,20). The van der Waals surface area contributed by atoms with Crippen LogP contribution in [0.25, 0.3) is 5.69 Å². The van der Waals surface area contributed by atoms with Gasteiger partial charge in [0.15, 0.2) is 0 Å². The van der Waals surface area contributed by atoms with Crippen LogP contribution in [-0.4, -0.2) is 26.1 Å². The zero-order valence-electron chi connectivity index (χ0n) is 11.6. The van der Waals surface area contributed by atoms with Crippen molar-refractivity contribution < 1.29 is 9.90 Å². The lowest BCUT2D eigenvalue weighted by Gasteiger charge is -2.16. The van der Waals surface area contributed by atoms with E-state index in [-0.39, 0.29) is 0 Å².